The Morgan fingerprint density at radius 2 is 1.32 bits per heavy atom. The van der Waals surface area contributed by atoms with E-state index in [-0.39, 0.29) is 23.9 Å². The van der Waals surface area contributed by atoms with Crippen molar-refractivity contribution in [3.8, 4) is 16.9 Å². The van der Waals surface area contributed by atoms with Crippen LogP contribution in [0.1, 0.15) is 0 Å². The zero-order valence-corrected chi connectivity index (χ0v) is 12.7. The van der Waals surface area contributed by atoms with Crippen LogP contribution in [-0.4, -0.2) is 24.6 Å². The Balaban J connectivity index is 2.17. The van der Waals surface area contributed by atoms with Crippen LogP contribution in [0.4, 0.5) is 13.2 Å². The van der Waals surface area contributed by atoms with Gasteiger partial charge in [0, 0.05) is 0 Å². The highest BCUT2D eigenvalue weighted by molar-refractivity contribution is 9.23. The van der Waals surface area contributed by atoms with Gasteiger partial charge < -0.3 is 4.74 Å². The Kier molecular flexibility index (Phi) is 4.75. The maximum Gasteiger partial charge on any atom is 0.573 e. The number of hydrogen-bond acceptors (Lipinski definition) is 1. The SMILES string of the molecule is FC(F)(F)Oc1ccc(-c2cc[c]([Mg][Br])cc2)cc1. The summed E-state index contributed by atoms with van der Waals surface area (Å²) in [5.74, 6) is -0.208. The largest absolute Gasteiger partial charge is 0.573 e. The molecule has 0 fully saturated rings. The van der Waals surface area contributed by atoms with Gasteiger partial charge >= 0.3 is 24.6 Å². The van der Waals surface area contributed by atoms with E-state index in [0.717, 1.165) is 11.1 Å². The lowest BCUT2D eigenvalue weighted by atomic mass is 10.1. The molecule has 0 saturated carbocycles. The summed E-state index contributed by atoms with van der Waals surface area (Å²) in [6.45, 7) is 0. The van der Waals surface area contributed by atoms with Crippen LogP contribution in [0, 0.1) is 0 Å². The molecule has 0 spiro atoms. The first-order chi connectivity index (χ1) is 8.98. The summed E-state index contributed by atoms with van der Waals surface area (Å²) in [6.07, 6.45) is -4.65. The van der Waals surface area contributed by atoms with Crippen molar-refractivity contribution in [2.24, 2.45) is 0 Å². The van der Waals surface area contributed by atoms with Crippen molar-refractivity contribution in [3.63, 3.8) is 0 Å². The number of alkyl halides is 3. The monoisotopic (exact) mass is 340 g/mol. The summed E-state index contributed by atoms with van der Waals surface area (Å²) in [5, 5.41) is 0. The second kappa shape index (κ2) is 6.15. The summed E-state index contributed by atoms with van der Waals surface area (Å²) >= 11 is 3.13. The van der Waals surface area contributed by atoms with E-state index >= 15 is 0 Å². The number of rotatable bonds is 3. The maximum atomic E-state index is 12.0. The molecule has 0 N–H and O–H groups in total. The van der Waals surface area contributed by atoms with Gasteiger partial charge in [0.1, 0.15) is 5.75 Å². The molecule has 0 bridgehead atoms. The number of ether oxygens (including phenoxy) is 1. The molecule has 0 aliphatic carbocycles. The van der Waals surface area contributed by atoms with Crippen LogP contribution in [0.25, 0.3) is 11.1 Å². The molecule has 0 radical (unpaired) electrons. The number of hydrogen-bond donors (Lipinski definition) is 0. The maximum absolute atomic E-state index is 12.0. The quantitative estimate of drug-likeness (QED) is 0.770. The van der Waals surface area contributed by atoms with Gasteiger partial charge in [-0.25, -0.2) is 0 Å². The first-order valence-corrected chi connectivity index (χ1v) is 10.1. The van der Waals surface area contributed by atoms with Gasteiger partial charge in [0.2, 0.25) is 0 Å². The average Bonchev–Trinajstić information content (AvgIpc) is 2.38. The number of benzene rings is 2. The van der Waals surface area contributed by atoms with Gasteiger partial charge in [-0.1, -0.05) is 36.4 Å². The van der Waals surface area contributed by atoms with Crippen molar-refractivity contribution >= 4 is 34.8 Å². The Labute approximate surface area is 124 Å². The second-order valence-corrected chi connectivity index (χ2v) is 6.67. The molecule has 0 amide bonds. The van der Waals surface area contributed by atoms with Crippen LogP contribution in [0.15, 0.2) is 48.5 Å². The molecule has 0 saturated heterocycles. The molecular formula is C13H8BrF3MgO. The molecule has 2 aromatic rings. The third-order valence-corrected chi connectivity index (χ3v) is 5.25. The highest BCUT2D eigenvalue weighted by Crippen LogP contribution is 2.26. The van der Waals surface area contributed by atoms with Crippen molar-refractivity contribution in [1.82, 2.24) is 0 Å². The van der Waals surface area contributed by atoms with Gasteiger partial charge in [-0.05, 0) is 23.3 Å². The van der Waals surface area contributed by atoms with E-state index in [1.807, 2.05) is 24.3 Å². The van der Waals surface area contributed by atoms with Crippen LogP contribution in [0.5, 0.6) is 5.75 Å². The summed E-state index contributed by atoms with van der Waals surface area (Å²) < 4.78 is 41.2. The standard InChI is InChI=1S/C13H8F3O.BrH.Mg/c14-13(15,16)17-12-8-6-11(7-9-12)10-4-2-1-3-5-10;;/h2-9H;1H;/q;;+1/p-1. The van der Waals surface area contributed by atoms with Crippen LogP contribution in [0.3, 0.4) is 0 Å². The summed E-state index contributed by atoms with van der Waals surface area (Å²) in [4.78, 5) is 0. The predicted molar refractivity (Wildman–Crippen MR) is 72.9 cm³/mol. The van der Waals surface area contributed by atoms with Gasteiger partial charge in [-0.15, -0.1) is 13.2 Å². The van der Waals surface area contributed by atoms with Crippen LogP contribution in [0.2, 0.25) is 0 Å². The van der Waals surface area contributed by atoms with Crippen LogP contribution in [-0.2, 0) is 0 Å². The zero-order valence-electron chi connectivity index (χ0n) is 9.75. The van der Waals surface area contributed by atoms with Crippen molar-refractivity contribution < 1.29 is 17.9 Å². The Bertz CT molecular complexity index is 537. The third kappa shape index (κ3) is 4.40. The molecule has 0 aliphatic heterocycles. The van der Waals surface area contributed by atoms with Gasteiger partial charge in [-0.3, -0.25) is 12.9 Å². The lowest BCUT2D eigenvalue weighted by Gasteiger charge is -2.09. The fraction of sp³-hybridized carbons (Fsp3) is 0.0769. The van der Waals surface area contributed by atoms with E-state index in [4.69, 9.17) is 0 Å². The van der Waals surface area contributed by atoms with E-state index in [1.165, 1.54) is 15.8 Å². The van der Waals surface area contributed by atoms with E-state index in [1.54, 1.807) is 12.1 Å². The molecule has 1 nitrogen and oxygen atoms in total. The van der Waals surface area contributed by atoms with Crippen LogP contribution >= 0.6 is 12.9 Å². The first-order valence-electron chi connectivity index (χ1n) is 5.49. The van der Waals surface area contributed by atoms with Crippen molar-refractivity contribution in [2.75, 3.05) is 0 Å². The topological polar surface area (TPSA) is 9.23 Å². The van der Waals surface area contributed by atoms with Gasteiger partial charge in [-0.2, -0.15) is 3.69 Å². The highest BCUT2D eigenvalue weighted by Gasteiger charge is 2.30. The van der Waals surface area contributed by atoms with Crippen molar-refractivity contribution in [2.45, 2.75) is 6.36 Å². The molecule has 2 rings (SSSR count). The Hall–Kier alpha value is -0.724. The smallest absolute Gasteiger partial charge is 0.406 e. The van der Waals surface area contributed by atoms with Crippen LogP contribution < -0.4 is 8.43 Å². The molecule has 96 valence electrons. The Morgan fingerprint density at radius 3 is 1.74 bits per heavy atom. The molecule has 19 heavy (non-hydrogen) atoms. The summed E-state index contributed by atoms with van der Waals surface area (Å²) in [6, 6.07) is 13.8. The minimum atomic E-state index is -4.65. The first kappa shape index (κ1) is 14.7. The van der Waals surface area contributed by atoms with Gasteiger partial charge in [0.05, 0.1) is 0 Å². The Morgan fingerprint density at radius 1 is 0.842 bits per heavy atom. The normalized spacial score (nSPS) is 10.9. The molecule has 0 atom stereocenters. The molecule has 0 heterocycles. The minimum Gasteiger partial charge on any atom is -0.406 e. The van der Waals surface area contributed by atoms with Crippen molar-refractivity contribution in [1.29, 1.82) is 0 Å². The molecular weight excluding hydrogens is 333 g/mol. The fourth-order valence-corrected chi connectivity index (χ4v) is 3.17. The summed E-state index contributed by atoms with van der Waals surface area (Å²) in [5.41, 5.74) is 1.83. The highest BCUT2D eigenvalue weighted by atomic mass is 79.9. The molecule has 2 aromatic carbocycles. The lowest BCUT2D eigenvalue weighted by molar-refractivity contribution is -0.274. The molecule has 0 aromatic heterocycles. The third-order valence-electron chi connectivity index (χ3n) is 2.53. The molecule has 0 aliphatic rings. The lowest BCUT2D eigenvalue weighted by Crippen LogP contribution is -2.16. The second-order valence-electron chi connectivity index (χ2n) is 3.90. The minimum absolute atomic E-state index is 0.208. The van der Waals surface area contributed by atoms with E-state index in [0.29, 0.717) is 0 Å². The average molecular weight is 341 g/mol. The van der Waals surface area contributed by atoms with Gasteiger partial charge in [0.25, 0.3) is 0 Å². The van der Waals surface area contributed by atoms with E-state index in [2.05, 4.69) is 17.6 Å². The molecule has 0 unspecified atom stereocenters. The zero-order chi connectivity index (χ0) is 13.9. The number of halogens is 4. The van der Waals surface area contributed by atoms with Crippen molar-refractivity contribution in [3.05, 3.63) is 48.5 Å². The molecule has 6 heteroatoms. The summed E-state index contributed by atoms with van der Waals surface area (Å²) in [7, 11) is 0. The predicted octanol–water partition coefficient (Wildman–Crippen LogP) is 3.89. The fourth-order valence-electron chi connectivity index (χ4n) is 1.64. The van der Waals surface area contributed by atoms with Gasteiger partial charge in [0.15, 0.2) is 0 Å². The van der Waals surface area contributed by atoms with E-state index < -0.39 is 6.36 Å². The van der Waals surface area contributed by atoms with E-state index in [9.17, 15) is 13.2 Å².